The molecule has 0 radical (unpaired) electrons. The van der Waals surface area contributed by atoms with Crippen LogP contribution in [0.15, 0.2) is 53.4 Å². The maximum Gasteiger partial charge on any atom is 0.263 e. The van der Waals surface area contributed by atoms with Gasteiger partial charge in [0.25, 0.3) is 5.91 Å². The summed E-state index contributed by atoms with van der Waals surface area (Å²) in [5.74, 6) is 1.18. The van der Waals surface area contributed by atoms with Crippen molar-refractivity contribution in [2.45, 2.75) is 44.1 Å². The number of carbonyl (C=O) groups excluding carboxylic acids is 1. The second kappa shape index (κ2) is 9.77. The fourth-order valence-corrected chi connectivity index (χ4v) is 4.97. The fourth-order valence-electron chi connectivity index (χ4n) is 3.93. The number of carbonyl (C=O) groups is 1. The van der Waals surface area contributed by atoms with Crippen molar-refractivity contribution in [3.05, 3.63) is 70.1 Å². The van der Waals surface area contributed by atoms with E-state index in [0.717, 1.165) is 11.1 Å². The van der Waals surface area contributed by atoms with Crippen molar-refractivity contribution in [1.82, 2.24) is 5.32 Å². The molecule has 0 bridgehead atoms. The summed E-state index contributed by atoms with van der Waals surface area (Å²) in [5.41, 5.74) is 3.14. The third-order valence-electron chi connectivity index (χ3n) is 5.63. The predicted molar refractivity (Wildman–Crippen MR) is 125 cm³/mol. The molecule has 0 aromatic heterocycles. The van der Waals surface area contributed by atoms with E-state index in [0.29, 0.717) is 20.9 Å². The van der Waals surface area contributed by atoms with Crippen LogP contribution in [-0.4, -0.2) is 21.9 Å². The number of aliphatic hydroxyl groups is 1. The van der Waals surface area contributed by atoms with E-state index in [1.807, 2.05) is 36.4 Å². The standard InChI is InChI=1S/C24H25NO3S2/c26-21(19-10-8-18(9-11-19)17-4-2-1-3-5-17)15-28-20-12-6-16(7-13-20)14-22-23(27)25-24(29)30-22/h6-14,17,21,26H,1-5,15H2,(H,25,27,29). The minimum atomic E-state index is -0.674. The van der Waals surface area contributed by atoms with Crippen molar-refractivity contribution in [3.63, 3.8) is 0 Å². The zero-order valence-corrected chi connectivity index (χ0v) is 18.3. The Labute approximate surface area is 186 Å². The fraction of sp³-hybridized carbons (Fsp3) is 0.333. The molecule has 6 heteroatoms. The molecule has 4 nitrogen and oxygen atoms in total. The lowest BCUT2D eigenvalue weighted by Crippen LogP contribution is -2.17. The van der Waals surface area contributed by atoms with Crippen LogP contribution in [0.1, 0.15) is 60.8 Å². The highest BCUT2D eigenvalue weighted by atomic mass is 32.2. The molecule has 1 atom stereocenters. The Morgan fingerprint density at radius 2 is 1.80 bits per heavy atom. The molecule has 2 aromatic rings. The summed E-state index contributed by atoms with van der Waals surface area (Å²) >= 11 is 6.26. The number of rotatable bonds is 6. The van der Waals surface area contributed by atoms with Crippen LogP contribution in [0.5, 0.6) is 5.75 Å². The molecule has 2 aromatic carbocycles. The van der Waals surface area contributed by atoms with Gasteiger partial charge in [-0.25, -0.2) is 0 Å². The van der Waals surface area contributed by atoms with E-state index in [-0.39, 0.29) is 12.5 Å². The molecule has 1 aliphatic heterocycles. The second-order valence-corrected chi connectivity index (χ2v) is 9.47. The van der Waals surface area contributed by atoms with Gasteiger partial charge in [-0.2, -0.15) is 0 Å². The number of benzene rings is 2. The highest BCUT2D eigenvalue weighted by Crippen LogP contribution is 2.33. The van der Waals surface area contributed by atoms with Gasteiger partial charge in [0.1, 0.15) is 22.8 Å². The Morgan fingerprint density at radius 3 is 2.43 bits per heavy atom. The summed E-state index contributed by atoms with van der Waals surface area (Å²) in [6.07, 6.45) is 7.65. The van der Waals surface area contributed by atoms with Gasteiger partial charge in [-0.1, -0.05) is 79.6 Å². The predicted octanol–water partition coefficient (Wildman–Crippen LogP) is 5.34. The molecule has 1 amide bonds. The molecule has 1 unspecified atom stereocenters. The number of ether oxygens (including phenoxy) is 1. The van der Waals surface area contributed by atoms with Crippen LogP contribution in [0.4, 0.5) is 0 Å². The Hall–Kier alpha value is -2.15. The molecule has 2 fully saturated rings. The third kappa shape index (κ3) is 5.31. The van der Waals surface area contributed by atoms with Crippen LogP contribution >= 0.6 is 24.0 Å². The minimum Gasteiger partial charge on any atom is -0.491 e. The lowest BCUT2D eigenvalue weighted by molar-refractivity contribution is -0.115. The first kappa shape index (κ1) is 21.1. The van der Waals surface area contributed by atoms with Gasteiger partial charge in [0.2, 0.25) is 0 Å². The summed E-state index contributed by atoms with van der Waals surface area (Å²) < 4.78 is 6.23. The molecule has 1 saturated heterocycles. The average Bonchev–Trinajstić information content (AvgIpc) is 3.10. The highest BCUT2D eigenvalue weighted by molar-refractivity contribution is 8.26. The van der Waals surface area contributed by atoms with Gasteiger partial charge in [0.15, 0.2) is 0 Å². The largest absolute Gasteiger partial charge is 0.491 e. The summed E-state index contributed by atoms with van der Waals surface area (Å²) in [7, 11) is 0. The van der Waals surface area contributed by atoms with Crippen molar-refractivity contribution in [3.8, 4) is 5.75 Å². The molecule has 1 heterocycles. The van der Waals surface area contributed by atoms with Gasteiger partial charge in [-0.05, 0) is 53.7 Å². The van der Waals surface area contributed by atoms with Crippen LogP contribution in [0.3, 0.4) is 0 Å². The molecule has 1 saturated carbocycles. The van der Waals surface area contributed by atoms with Gasteiger partial charge < -0.3 is 15.2 Å². The number of hydrogen-bond donors (Lipinski definition) is 2. The SMILES string of the molecule is O=C1NC(=S)SC1=Cc1ccc(OCC(O)c2ccc(C3CCCCC3)cc2)cc1. The molecule has 4 rings (SSSR count). The van der Waals surface area contributed by atoms with E-state index in [1.54, 1.807) is 6.08 Å². The van der Waals surface area contributed by atoms with Gasteiger partial charge in [-0.15, -0.1) is 0 Å². The minimum absolute atomic E-state index is 0.164. The molecule has 2 aliphatic rings. The lowest BCUT2D eigenvalue weighted by atomic mass is 9.84. The van der Waals surface area contributed by atoms with Crippen LogP contribution in [-0.2, 0) is 4.79 Å². The Balaban J connectivity index is 1.31. The second-order valence-electron chi connectivity index (χ2n) is 7.75. The summed E-state index contributed by atoms with van der Waals surface area (Å²) in [6, 6.07) is 15.8. The van der Waals surface area contributed by atoms with Crippen LogP contribution in [0, 0.1) is 0 Å². The number of amides is 1. The lowest BCUT2D eigenvalue weighted by Gasteiger charge is -2.22. The average molecular weight is 440 g/mol. The molecule has 156 valence electrons. The van der Waals surface area contributed by atoms with E-state index in [9.17, 15) is 9.90 Å². The first-order chi connectivity index (χ1) is 14.6. The number of aliphatic hydroxyl groups excluding tert-OH is 1. The third-order valence-corrected chi connectivity index (χ3v) is 6.79. The topological polar surface area (TPSA) is 58.6 Å². The number of hydrogen-bond acceptors (Lipinski definition) is 5. The van der Waals surface area contributed by atoms with E-state index in [2.05, 4.69) is 17.4 Å². The van der Waals surface area contributed by atoms with Gasteiger partial charge in [-0.3, -0.25) is 4.79 Å². The van der Waals surface area contributed by atoms with Crippen molar-refractivity contribution in [2.24, 2.45) is 0 Å². The van der Waals surface area contributed by atoms with Crippen molar-refractivity contribution < 1.29 is 14.6 Å². The van der Waals surface area contributed by atoms with Crippen molar-refractivity contribution >= 4 is 40.3 Å². The van der Waals surface area contributed by atoms with E-state index >= 15 is 0 Å². The van der Waals surface area contributed by atoms with Crippen molar-refractivity contribution in [1.29, 1.82) is 0 Å². The van der Waals surface area contributed by atoms with E-state index < -0.39 is 6.10 Å². The summed E-state index contributed by atoms with van der Waals surface area (Å²) in [6.45, 7) is 0.190. The number of thiocarbonyl (C=S) groups is 1. The first-order valence-electron chi connectivity index (χ1n) is 10.3. The van der Waals surface area contributed by atoms with Crippen LogP contribution < -0.4 is 10.1 Å². The summed E-state index contributed by atoms with van der Waals surface area (Å²) in [4.78, 5) is 12.3. The maximum atomic E-state index is 11.7. The quantitative estimate of drug-likeness (QED) is 0.470. The molecule has 1 aliphatic carbocycles. The maximum absolute atomic E-state index is 11.7. The molecular formula is C24H25NO3S2. The zero-order chi connectivity index (χ0) is 20.9. The van der Waals surface area contributed by atoms with Crippen molar-refractivity contribution in [2.75, 3.05) is 6.61 Å². The van der Waals surface area contributed by atoms with E-state index in [4.69, 9.17) is 17.0 Å². The van der Waals surface area contributed by atoms with Gasteiger partial charge in [0.05, 0.1) is 4.91 Å². The summed E-state index contributed by atoms with van der Waals surface area (Å²) in [5, 5.41) is 13.1. The molecule has 0 spiro atoms. The number of thioether (sulfide) groups is 1. The Kier molecular flexibility index (Phi) is 6.87. The smallest absolute Gasteiger partial charge is 0.263 e. The Bertz CT molecular complexity index is 932. The zero-order valence-electron chi connectivity index (χ0n) is 16.7. The normalized spacial score (nSPS) is 19.7. The Morgan fingerprint density at radius 1 is 1.10 bits per heavy atom. The molecular weight excluding hydrogens is 414 g/mol. The molecule has 2 N–H and O–H groups in total. The van der Waals surface area contributed by atoms with Crippen LogP contribution in [0.25, 0.3) is 6.08 Å². The molecule has 30 heavy (non-hydrogen) atoms. The van der Waals surface area contributed by atoms with E-state index in [1.165, 1.54) is 49.4 Å². The number of nitrogens with one attached hydrogen (secondary N) is 1. The van der Waals surface area contributed by atoms with Crippen LogP contribution in [0.2, 0.25) is 0 Å². The highest BCUT2D eigenvalue weighted by Gasteiger charge is 2.22. The van der Waals surface area contributed by atoms with Gasteiger partial charge in [0, 0.05) is 0 Å². The monoisotopic (exact) mass is 439 g/mol. The first-order valence-corrected chi connectivity index (χ1v) is 11.6. The van der Waals surface area contributed by atoms with Gasteiger partial charge >= 0.3 is 0 Å².